The lowest BCUT2D eigenvalue weighted by molar-refractivity contribution is 0.0601. The van der Waals surface area contributed by atoms with Gasteiger partial charge >= 0.3 is 5.97 Å². The van der Waals surface area contributed by atoms with E-state index in [1.807, 2.05) is 24.3 Å². The predicted octanol–water partition coefficient (Wildman–Crippen LogP) is 5.44. The van der Waals surface area contributed by atoms with Crippen LogP contribution in [0.15, 0.2) is 35.9 Å². The second kappa shape index (κ2) is 6.51. The number of esters is 1. The van der Waals surface area contributed by atoms with Crippen LogP contribution in [0.3, 0.4) is 0 Å². The minimum absolute atomic E-state index is 0.167. The lowest BCUT2D eigenvalue weighted by Crippen LogP contribution is -2.47. The first kappa shape index (κ1) is 18.0. The number of rotatable bonds is 3. The van der Waals surface area contributed by atoms with Gasteiger partial charge in [-0.3, -0.25) is 0 Å². The number of nitrogens with one attached hydrogen (secondary N) is 1. The van der Waals surface area contributed by atoms with Gasteiger partial charge in [0, 0.05) is 11.7 Å². The molecule has 1 saturated carbocycles. The molecule has 0 spiro atoms. The molecule has 2 aliphatic rings. The van der Waals surface area contributed by atoms with Crippen molar-refractivity contribution in [1.29, 1.82) is 0 Å². The van der Waals surface area contributed by atoms with E-state index >= 15 is 0 Å². The summed E-state index contributed by atoms with van der Waals surface area (Å²) in [6.07, 6.45) is 7.16. The van der Waals surface area contributed by atoms with E-state index in [4.69, 9.17) is 4.74 Å². The first-order valence-electron chi connectivity index (χ1n) is 9.37. The largest absolute Gasteiger partial charge is 0.465 e. The topological polar surface area (TPSA) is 38.3 Å². The number of hydrogen-bond donors (Lipinski definition) is 1. The number of carbonyl (C=O) groups excluding carboxylic acids is 1. The fourth-order valence-electron chi connectivity index (χ4n) is 4.59. The molecule has 0 heterocycles. The number of carbonyl (C=O) groups is 1. The fraction of sp³-hybridized carbons (Fsp3) is 0.591. The second-order valence-corrected chi connectivity index (χ2v) is 8.99. The molecule has 0 saturated heterocycles. The van der Waals surface area contributed by atoms with E-state index < -0.39 is 0 Å². The highest BCUT2D eigenvalue weighted by atomic mass is 16.5. The zero-order valence-electron chi connectivity index (χ0n) is 16.2. The molecule has 3 rings (SSSR count). The van der Waals surface area contributed by atoms with E-state index in [2.05, 4.69) is 39.1 Å². The van der Waals surface area contributed by atoms with Crippen molar-refractivity contribution in [3.63, 3.8) is 0 Å². The van der Waals surface area contributed by atoms with Crippen molar-refractivity contribution in [2.24, 2.45) is 16.7 Å². The molecule has 3 nitrogen and oxygen atoms in total. The molecule has 1 N–H and O–H groups in total. The van der Waals surface area contributed by atoms with Gasteiger partial charge in [-0.25, -0.2) is 4.79 Å². The average Bonchev–Trinajstić information content (AvgIpc) is 2.56. The van der Waals surface area contributed by atoms with Crippen LogP contribution in [0.1, 0.15) is 63.7 Å². The Labute approximate surface area is 151 Å². The average molecular weight is 341 g/mol. The normalized spacial score (nSPS) is 27.0. The Bertz CT molecular complexity index is 687. The summed E-state index contributed by atoms with van der Waals surface area (Å²) < 4.78 is 4.94. The Balaban J connectivity index is 1.87. The van der Waals surface area contributed by atoms with Crippen LogP contribution in [0.25, 0.3) is 0 Å². The van der Waals surface area contributed by atoms with Gasteiger partial charge in [0.2, 0.25) is 0 Å². The van der Waals surface area contributed by atoms with Crippen molar-refractivity contribution in [3.8, 4) is 0 Å². The number of ether oxygens (including phenoxy) is 1. The minimum atomic E-state index is -0.285. The number of anilines is 1. The van der Waals surface area contributed by atoms with Gasteiger partial charge in [-0.05, 0) is 54.6 Å². The first-order valence-corrected chi connectivity index (χ1v) is 9.37. The highest BCUT2D eigenvalue weighted by molar-refractivity contribution is 5.95. The highest BCUT2D eigenvalue weighted by Gasteiger charge is 2.45. The fourth-order valence-corrected chi connectivity index (χ4v) is 4.59. The summed E-state index contributed by atoms with van der Waals surface area (Å²) in [5.41, 5.74) is 3.64. The van der Waals surface area contributed by atoms with Crippen molar-refractivity contribution in [1.82, 2.24) is 0 Å². The Kier molecular flexibility index (Phi) is 4.70. The quantitative estimate of drug-likeness (QED) is 0.588. The number of allylic oxidation sites excluding steroid dienone is 1. The third kappa shape index (κ3) is 3.47. The summed E-state index contributed by atoms with van der Waals surface area (Å²) in [6, 6.07) is 7.97. The van der Waals surface area contributed by atoms with E-state index in [-0.39, 0.29) is 11.4 Å². The standard InChI is InChI=1S/C22H31NO2/c1-21(2)12-8-9-15-13-19(22(3,4)14-17(15)21)23-18-11-7-6-10-16(18)20(24)25-5/h6-7,9-11,17,19,23H,8,12-14H2,1-5H3. The van der Waals surface area contributed by atoms with Gasteiger partial charge in [-0.1, -0.05) is 51.5 Å². The third-order valence-electron chi connectivity index (χ3n) is 6.36. The van der Waals surface area contributed by atoms with Crippen LogP contribution in [-0.2, 0) is 4.74 Å². The molecule has 0 aromatic heterocycles. The minimum Gasteiger partial charge on any atom is -0.465 e. The number of methoxy groups -OCH3 is 1. The smallest absolute Gasteiger partial charge is 0.339 e. The molecular weight excluding hydrogens is 310 g/mol. The molecule has 0 amide bonds. The van der Waals surface area contributed by atoms with Crippen molar-refractivity contribution >= 4 is 11.7 Å². The molecule has 2 atom stereocenters. The van der Waals surface area contributed by atoms with Gasteiger partial charge in [-0.2, -0.15) is 0 Å². The van der Waals surface area contributed by atoms with Crippen molar-refractivity contribution < 1.29 is 9.53 Å². The van der Waals surface area contributed by atoms with Gasteiger partial charge in [0.05, 0.1) is 12.7 Å². The molecule has 25 heavy (non-hydrogen) atoms. The summed E-state index contributed by atoms with van der Waals surface area (Å²) in [4.78, 5) is 12.1. The van der Waals surface area contributed by atoms with Crippen molar-refractivity contribution in [2.45, 2.75) is 59.4 Å². The SMILES string of the molecule is COC(=O)c1ccccc1NC1CC2=CCCC(C)(C)C2CC1(C)C. The Morgan fingerprint density at radius 2 is 1.88 bits per heavy atom. The summed E-state index contributed by atoms with van der Waals surface area (Å²) >= 11 is 0. The molecular formula is C22H31NO2. The monoisotopic (exact) mass is 341 g/mol. The molecule has 1 aromatic rings. The molecule has 1 fully saturated rings. The molecule has 3 heteroatoms. The molecule has 1 aromatic carbocycles. The zero-order valence-corrected chi connectivity index (χ0v) is 16.2. The number of fused-ring (bicyclic) bond motifs is 1. The maximum Gasteiger partial charge on any atom is 0.339 e. The Morgan fingerprint density at radius 3 is 2.60 bits per heavy atom. The zero-order chi connectivity index (χ0) is 18.2. The molecule has 2 unspecified atom stereocenters. The van der Waals surface area contributed by atoms with E-state index in [1.54, 1.807) is 5.57 Å². The number of benzene rings is 1. The van der Waals surface area contributed by atoms with Crippen LogP contribution in [0.4, 0.5) is 5.69 Å². The van der Waals surface area contributed by atoms with E-state index in [0.717, 1.165) is 12.1 Å². The van der Waals surface area contributed by atoms with Gasteiger partial charge in [0.25, 0.3) is 0 Å². The van der Waals surface area contributed by atoms with Crippen LogP contribution in [0.2, 0.25) is 0 Å². The van der Waals surface area contributed by atoms with E-state index in [1.165, 1.54) is 26.4 Å². The molecule has 136 valence electrons. The molecule has 2 aliphatic carbocycles. The lowest BCUT2D eigenvalue weighted by atomic mass is 9.56. The van der Waals surface area contributed by atoms with E-state index in [0.29, 0.717) is 22.9 Å². The van der Waals surface area contributed by atoms with Crippen LogP contribution in [-0.4, -0.2) is 19.1 Å². The second-order valence-electron chi connectivity index (χ2n) is 8.99. The molecule has 0 bridgehead atoms. The van der Waals surface area contributed by atoms with Crippen LogP contribution >= 0.6 is 0 Å². The number of para-hydroxylation sites is 1. The maximum absolute atomic E-state index is 12.1. The van der Waals surface area contributed by atoms with Gasteiger partial charge < -0.3 is 10.1 Å². The Morgan fingerprint density at radius 1 is 1.16 bits per heavy atom. The van der Waals surface area contributed by atoms with Gasteiger partial charge in [0.1, 0.15) is 0 Å². The summed E-state index contributed by atoms with van der Waals surface area (Å²) in [6.45, 7) is 9.54. The van der Waals surface area contributed by atoms with Crippen LogP contribution < -0.4 is 5.32 Å². The summed E-state index contributed by atoms with van der Waals surface area (Å²) in [7, 11) is 1.43. The Hall–Kier alpha value is -1.77. The van der Waals surface area contributed by atoms with Gasteiger partial charge in [-0.15, -0.1) is 0 Å². The van der Waals surface area contributed by atoms with Crippen molar-refractivity contribution in [3.05, 3.63) is 41.5 Å². The van der Waals surface area contributed by atoms with E-state index in [9.17, 15) is 4.79 Å². The van der Waals surface area contributed by atoms with Gasteiger partial charge in [0.15, 0.2) is 0 Å². The predicted molar refractivity (Wildman–Crippen MR) is 103 cm³/mol. The lowest BCUT2D eigenvalue weighted by Gasteiger charge is -2.51. The third-order valence-corrected chi connectivity index (χ3v) is 6.36. The maximum atomic E-state index is 12.1. The first-order chi connectivity index (χ1) is 11.7. The summed E-state index contributed by atoms with van der Waals surface area (Å²) in [5, 5.41) is 3.67. The summed E-state index contributed by atoms with van der Waals surface area (Å²) in [5.74, 6) is 0.387. The van der Waals surface area contributed by atoms with Crippen LogP contribution in [0.5, 0.6) is 0 Å². The highest BCUT2D eigenvalue weighted by Crippen LogP contribution is 2.53. The van der Waals surface area contributed by atoms with Crippen LogP contribution in [0, 0.1) is 16.7 Å². The van der Waals surface area contributed by atoms with Crippen molar-refractivity contribution in [2.75, 3.05) is 12.4 Å². The molecule has 0 aliphatic heterocycles. The number of hydrogen-bond acceptors (Lipinski definition) is 3. The molecule has 0 radical (unpaired) electrons.